The standard InChI is InChI=1S/C23H21N3O4/c27-19-12-11-18(21(28)13-19)15-24-26-22(29)14-20(16-7-3-1-4-8-16)25-23(30)17-9-5-2-6-10-17/h1-13,15,20,27-28H,14H2,(H,25,30)(H,26,29)/b24-15-/t20-/m1/s1. The Balaban J connectivity index is 1.67. The normalized spacial score (nSPS) is 11.7. The molecule has 0 aliphatic heterocycles. The number of amides is 2. The van der Waals surface area contributed by atoms with Gasteiger partial charge < -0.3 is 15.5 Å². The molecule has 3 rings (SSSR count). The quantitative estimate of drug-likeness (QED) is 0.359. The molecule has 0 radical (unpaired) electrons. The molecule has 7 nitrogen and oxygen atoms in total. The van der Waals surface area contributed by atoms with Crippen molar-refractivity contribution in [2.24, 2.45) is 5.10 Å². The van der Waals surface area contributed by atoms with Crippen LogP contribution < -0.4 is 10.7 Å². The highest BCUT2D eigenvalue weighted by Gasteiger charge is 2.19. The minimum absolute atomic E-state index is 0.0263. The molecule has 30 heavy (non-hydrogen) atoms. The lowest BCUT2D eigenvalue weighted by Crippen LogP contribution is -2.32. The first-order chi connectivity index (χ1) is 14.5. The lowest BCUT2D eigenvalue weighted by molar-refractivity contribution is -0.121. The summed E-state index contributed by atoms with van der Waals surface area (Å²) in [6.45, 7) is 0. The summed E-state index contributed by atoms with van der Waals surface area (Å²) in [4.78, 5) is 24.9. The van der Waals surface area contributed by atoms with E-state index in [1.807, 2.05) is 36.4 Å². The van der Waals surface area contributed by atoms with Gasteiger partial charge >= 0.3 is 0 Å². The maximum atomic E-state index is 12.6. The number of hydrazone groups is 1. The van der Waals surface area contributed by atoms with Crippen molar-refractivity contribution in [3.63, 3.8) is 0 Å². The van der Waals surface area contributed by atoms with Crippen molar-refractivity contribution >= 4 is 18.0 Å². The van der Waals surface area contributed by atoms with Crippen LogP contribution in [0.5, 0.6) is 11.5 Å². The zero-order chi connectivity index (χ0) is 21.3. The van der Waals surface area contributed by atoms with Gasteiger partial charge in [0.25, 0.3) is 5.91 Å². The number of rotatable bonds is 7. The Morgan fingerprint density at radius 2 is 1.60 bits per heavy atom. The summed E-state index contributed by atoms with van der Waals surface area (Å²) < 4.78 is 0. The highest BCUT2D eigenvalue weighted by atomic mass is 16.3. The van der Waals surface area contributed by atoms with Gasteiger partial charge in [0.2, 0.25) is 5.91 Å². The number of nitrogens with zero attached hydrogens (tertiary/aromatic N) is 1. The van der Waals surface area contributed by atoms with E-state index >= 15 is 0 Å². The van der Waals surface area contributed by atoms with Crippen molar-refractivity contribution in [2.45, 2.75) is 12.5 Å². The Hall–Kier alpha value is -4.13. The Labute approximate surface area is 173 Å². The minimum Gasteiger partial charge on any atom is -0.508 e. The molecule has 0 aliphatic rings. The Kier molecular flexibility index (Phi) is 6.78. The van der Waals surface area contributed by atoms with Crippen molar-refractivity contribution in [1.29, 1.82) is 0 Å². The van der Waals surface area contributed by atoms with Gasteiger partial charge in [0.15, 0.2) is 0 Å². The van der Waals surface area contributed by atoms with Gasteiger partial charge in [0.1, 0.15) is 11.5 Å². The monoisotopic (exact) mass is 403 g/mol. The van der Waals surface area contributed by atoms with Crippen molar-refractivity contribution in [1.82, 2.24) is 10.7 Å². The minimum atomic E-state index is -0.545. The fraction of sp³-hybridized carbons (Fsp3) is 0.0870. The number of benzene rings is 3. The largest absolute Gasteiger partial charge is 0.508 e. The second kappa shape index (κ2) is 9.88. The summed E-state index contributed by atoms with van der Waals surface area (Å²) in [5, 5.41) is 25.8. The molecule has 0 aliphatic carbocycles. The molecule has 4 N–H and O–H groups in total. The second-order valence-electron chi connectivity index (χ2n) is 6.54. The first kappa shape index (κ1) is 20.6. The highest BCUT2D eigenvalue weighted by molar-refractivity contribution is 5.94. The molecule has 1 atom stereocenters. The van der Waals surface area contributed by atoms with E-state index in [-0.39, 0.29) is 23.8 Å². The number of carbonyl (C=O) groups excluding carboxylic acids is 2. The van der Waals surface area contributed by atoms with E-state index in [0.717, 1.165) is 5.56 Å². The third kappa shape index (κ3) is 5.68. The zero-order valence-electron chi connectivity index (χ0n) is 16.0. The SMILES string of the molecule is O=C(C[C@@H](NC(=O)c1ccccc1)c1ccccc1)N/N=C\c1ccc(O)cc1O. The average Bonchev–Trinajstić information content (AvgIpc) is 2.76. The molecular weight excluding hydrogens is 382 g/mol. The summed E-state index contributed by atoms with van der Waals surface area (Å²) in [7, 11) is 0. The van der Waals surface area contributed by atoms with Crippen LogP contribution >= 0.6 is 0 Å². The van der Waals surface area contributed by atoms with Crippen LogP contribution in [0.1, 0.15) is 33.9 Å². The molecule has 0 heterocycles. The van der Waals surface area contributed by atoms with Gasteiger partial charge in [-0.3, -0.25) is 9.59 Å². The third-order valence-corrected chi connectivity index (χ3v) is 4.34. The Morgan fingerprint density at radius 3 is 2.27 bits per heavy atom. The smallest absolute Gasteiger partial charge is 0.251 e. The summed E-state index contributed by atoms with van der Waals surface area (Å²) in [6, 6.07) is 21.4. The van der Waals surface area contributed by atoms with E-state index in [4.69, 9.17) is 0 Å². The van der Waals surface area contributed by atoms with E-state index in [1.54, 1.807) is 24.3 Å². The van der Waals surface area contributed by atoms with Crippen LogP contribution in [0.15, 0.2) is 84.0 Å². The van der Waals surface area contributed by atoms with Gasteiger partial charge in [-0.15, -0.1) is 0 Å². The van der Waals surface area contributed by atoms with Crippen LogP contribution in [0.4, 0.5) is 0 Å². The average molecular weight is 403 g/mol. The van der Waals surface area contributed by atoms with Gasteiger partial charge in [-0.25, -0.2) is 5.43 Å². The summed E-state index contributed by atoms with van der Waals surface area (Å²) in [5.74, 6) is -0.930. The Bertz CT molecular complexity index is 1040. The maximum Gasteiger partial charge on any atom is 0.251 e. The van der Waals surface area contributed by atoms with Crippen molar-refractivity contribution in [3.05, 3.63) is 95.6 Å². The van der Waals surface area contributed by atoms with Crippen LogP contribution in [-0.2, 0) is 4.79 Å². The molecule has 0 fully saturated rings. The van der Waals surface area contributed by atoms with Gasteiger partial charge in [-0.1, -0.05) is 48.5 Å². The first-order valence-electron chi connectivity index (χ1n) is 9.27. The number of nitrogens with one attached hydrogen (secondary N) is 2. The van der Waals surface area contributed by atoms with Gasteiger partial charge in [0, 0.05) is 17.2 Å². The Morgan fingerprint density at radius 1 is 0.933 bits per heavy atom. The molecule has 152 valence electrons. The highest BCUT2D eigenvalue weighted by Crippen LogP contribution is 2.21. The molecule has 7 heteroatoms. The number of carbonyl (C=O) groups is 2. The van der Waals surface area contributed by atoms with Crippen LogP contribution in [0.3, 0.4) is 0 Å². The van der Waals surface area contributed by atoms with Crippen molar-refractivity contribution in [3.8, 4) is 11.5 Å². The molecule has 0 aromatic heterocycles. The van der Waals surface area contributed by atoms with E-state index in [1.165, 1.54) is 24.4 Å². The van der Waals surface area contributed by atoms with E-state index in [9.17, 15) is 19.8 Å². The van der Waals surface area contributed by atoms with Crippen molar-refractivity contribution in [2.75, 3.05) is 0 Å². The van der Waals surface area contributed by atoms with Gasteiger partial charge in [-0.05, 0) is 29.8 Å². The van der Waals surface area contributed by atoms with Gasteiger partial charge in [-0.2, -0.15) is 5.10 Å². The number of phenols is 2. The zero-order valence-corrected chi connectivity index (χ0v) is 16.0. The first-order valence-corrected chi connectivity index (χ1v) is 9.27. The number of hydrogen-bond donors (Lipinski definition) is 4. The van der Waals surface area contributed by atoms with Gasteiger partial charge in [0.05, 0.1) is 18.7 Å². The van der Waals surface area contributed by atoms with E-state index in [2.05, 4.69) is 15.8 Å². The van der Waals surface area contributed by atoms with Crippen LogP contribution in [0, 0.1) is 0 Å². The predicted octanol–water partition coefficient (Wildman–Crippen LogP) is 3.11. The predicted molar refractivity (Wildman–Crippen MR) is 113 cm³/mol. The molecule has 3 aromatic carbocycles. The van der Waals surface area contributed by atoms with E-state index < -0.39 is 11.9 Å². The maximum absolute atomic E-state index is 12.6. The number of hydrogen-bond acceptors (Lipinski definition) is 5. The topological polar surface area (TPSA) is 111 Å². The molecule has 2 amide bonds. The van der Waals surface area contributed by atoms with Crippen LogP contribution in [0.2, 0.25) is 0 Å². The summed E-state index contributed by atoms with van der Waals surface area (Å²) >= 11 is 0. The second-order valence-corrected chi connectivity index (χ2v) is 6.54. The number of phenolic OH excluding ortho intramolecular Hbond substituents is 2. The third-order valence-electron chi connectivity index (χ3n) is 4.34. The summed E-state index contributed by atoms with van der Waals surface area (Å²) in [6.07, 6.45) is 1.24. The molecular formula is C23H21N3O4. The summed E-state index contributed by atoms with van der Waals surface area (Å²) in [5.41, 5.74) is 4.02. The van der Waals surface area contributed by atoms with Crippen LogP contribution in [0.25, 0.3) is 0 Å². The molecule has 3 aromatic rings. The van der Waals surface area contributed by atoms with Crippen LogP contribution in [-0.4, -0.2) is 28.2 Å². The fourth-order valence-electron chi connectivity index (χ4n) is 2.81. The van der Waals surface area contributed by atoms with Crippen molar-refractivity contribution < 1.29 is 19.8 Å². The molecule has 0 bridgehead atoms. The lowest BCUT2D eigenvalue weighted by Gasteiger charge is -2.18. The molecule has 0 saturated carbocycles. The molecule has 0 saturated heterocycles. The fourth-order valence-corrected chi connectivity index (χ4v) is 2.81. The van der Waals surface area contributed by atoms with E-state index in [0.29, 0.717) is 11.1 Å². The number of aromatic hydroxyl groups is 2. The molecule has 0 spiro atoms. The lowest BCUT2D eigenvalue weighted by atomic mass is 10.0. The molecule has 0 unspecified atom stereocenters.